The van der Waals surface area contributed by atoms with Crippen LogP contribution < -0.4 is 19.7 Å². The molecular formula is C19H27N2O3+. The lowest BCUT2D eigenvalue weighted by Crippen LogP contribution is -3.18. The number of fused-ring (bicyclic) bond motifs is 2. The number of likely N-dealkylation sites (tertiary alicyclic amines) is 1. The Morgan fingerprint density at radius 2 is 1.96 bits per heavy atom. The number of ether oxygens (including phenoxy) is 2. The topological polar surface area (TPSA) is 52.0 Å². The van der Waals surface area contributed by atoms with Gasteiger partial charge in [-0.2, -0.15) is 0 Å². The highest BCUT2D eigenvalue weighted by molar-refractivity contribution is 5.94. The minimum absolute atomic E-state index is 0.0155. The number of hydrogen-bond donors (Lipinski definition) is 2. The Morgan fingerprint density at radius 1 is 1.17 bits per heavy atom. The number of carbonyl (C=O) groups is 1. The van der Waals surface area contributed by atoms with E-state index >= 15 is 0 Å². The Bertz CT molecular complexity index is 619. The van der Waals surface area contributed by atoms with Crippen LogP contribution in [0.3, 0.4) is 0 Å². The van der Waals surface area contributed by atoms with E-state index < -0.39 is 0 Å². The summed E-state index contributed by atoms with van der Waals surface area (Å²) in [6, 6.07) is 5.55. The molecule has 0 radical (unpaired) electrons. The van der Waals surface area contributed by atoms with Crippen molar-refractivity contribution >= 4 is 11.6 Å². The van der Waals surface area contributed by atoms with Crippen LogP contribution in [-0.2, 0) is 4.79 Å². The summed E-state index contributed by atoms with van der Waals surface area (Å²) in [5.41, 5.74) is 0.781. The van der Waals surface area contributed by atoms with Crippen LogP contribution in [0, 0.1) is 11.8 Å². The number of rotatable bonds is 3. The summed E-state index contributed by atoms with van der Waals surface area (Å²) in [6.45, 7) is 4.59. The van der Waals surface area contributed by atoms with E-state index in [1.165, 1.54) is 37.0 Å². The second-order valence-corrected chi connectivity index (χ2v) is 7.48. The second kappa shape index (κ2) is 6.63. The average Bonchev–Trinajstić information content (AvgIpc) is 3.08. The van der Waals surface area contributed by atoms with Crippen LogP contribution in [0.25, 0.3) is 0 Å². The zero-order chi connectivity index (χ0) is 16.5. The molecule has 5 heteroatoms. The van der Waals surface area contributed by atoms with E-state index in [2.05, 4.69) is 12.2 Å². The van der Waals surface area contributed by atoms with Gasteiger partial charge in [0.05, 0.1) is 13.1 Å². The van der Waals surface area contributed by atoms with Gasteiger partial charge in [-0.3, -0.25) is 4.79 Å². The molecule has 4 atom stereocenters. The van der Waals surface area contributed by atoms with Crippen LogP contribution in [0.15, 0.2) is 18.2 Å². The summed E-state index contributed by atoms with van der Waals surface area (Å²) < 4.78 is 10.7. The number of nitrogens with one attached hydrogen (secondary N) is 2. The molecule has 2 fully saturated rings. The quantitative estimate of drug-likeness (QED) is 0.889. The highest BCUT2D eigenvalue weighted by Gasteiger charge is 2.37. The van der Waals surface area contributed by atoms with Gasteiger partial charge in [0.15, 0.2) is 17.5 Å². The van der Waals surface area contributed by atoms with Crippen LogP contribution in [-0.4, -0.2) is 31.8 Å². The summed E-state index contributed by atoms with van der Waals surface area (Å²) in [6.07, 6.45) is 6.80. The summed E-state index contributed by atoms with van der Waals surface area (Å²) in [4.78, 5) is 14.1. The molecule has 1 aromatic carbocycles. The largest absolute Gasteiger partial charge is 0.454 e. The smallest absolute Gasteiger partial charge is 0.282 e. The van der Waals surface area contributed by atoms with Crippen molar-refractivity contribution < 1.29 is 19.2 Å². The van der Waals surface area contributed by atoms with E-state index in [-0.39, 0.29) is 18.7 Å². The Morgan fingerprint density at radius 3 is 2.83 bits per heavy atom. The third-order valence-corrected chi connectivity index (χ3v) is 6.07. The molecule has 0 bridgehead atoms. The van der Waals surface area contributed by atoms with Crippen molar-refractivity contribution in [1.29, 1.82) is 0 Å². The fourth-order valence-corrected chi connectivity index (χ4v) is 4.55. The average molecular weight is 331 g/mol. The van der Waals surface area contributed by atoms with E-state index in [4.69, 9.17) is 9.47 Å². The van der Waals surface area contributed by atoms with E-state index in [0.717, 1.165) is 36.4 Å². The van der Waals surface area contributed by atoms with Crippen molar-refractivity contribution in [2.45, 2.75) is 45.1 Å². The van der Waals surface area contributed by atoms with Gasteiger partial charge in [0.1, 0.15) is 0 Å². The second-order valence-electron chi connectivity index (χ2n) is 7.48. The minimum atomic E-state index is -0.0155. The van der Waals surface area contributed by atoms with E-state index in [0.29, 0.717) is 5.75 Å². The van der Waals surface area contributed by atoms with Crippen molar-refractivity contribution in [2.24, 2.45) is 11.8 Å². The Balaban J connectivity index is 1.37. The molecule has 1 aliphatic carbocycles. The number of quaternary nitrogens is 1. The lowest BCUT2D eigenvalue weighted by atomic mass is 9.75. The van der Waals surface area contributed by atoms with E-state index in [1.807, 2.05) is 18.2 Å². The fraction of sp³-hybridized carbons (Fsp3) is 0.632. The fourth-order valence-electron chi connectivity index (χ4n) is 4.55. The summed E-state index contributed by atoms with van der Waals surface area (Å²) in [5.74, 6) is 3.27. The molecule has 0 spiro atoms. The van der Waals surface area contributed by atoms with Gasteiger partial charge in [-0.05, 0) is 44.2 Å². The predicted octanol–water partition coefficient (Wildman–Crippen LogP) is 1.84. The van der Waals surface area contributed by atoms with Gasteiger partial charge in [-0.15, -0.1) is 0 Å². The Labute approximate surface area is 143 Å². The third-order valence-electron chi connectivity index (χ3n) is 6.07. The van der Waals surface area contributed by atoms with Crippen LogP contribution in [0.4, 0.5) is 5.69 Å². The van der Waals surface area contributed by atoms with E-state index in [9.17, 15) is 4.79 Å². The SMILES string of the molecule is C[C@H](C(=O)Nc1ccc2c(c1)OCO2)[NH+]1CC[C@@H]2CCCC[C@@H]2C1. The normalized spacial score (nSPS) is 29.6. The van der Waals surface area contributed by atoms with Crippen LogP contribution in [0.5, 0.6) is 11.5 Å². The Kier molecular flexibility index (Phi) is 4.35. The molecule has 4 rings (SSSR count). The molecule has 1 saturated carbocycles. The molecule has 2 N–H and O–H groups in total. The van der Waals surface area contributed by atoms with Gasteiger partial charge >= 0.3 is 0 Å². The molecule has 2 heterocycles. The highest BCUT2D eigenvalue weighted by Crippen LogP contribution is 2.34. The van der Waals surface area contributed by atoms with Gasteiger partial charge in [0, 0.05) is 17.7 Å². The van der Waals surface area contributed by atoms with Gasteiger partial charge in [0.2, 0.25) is 6.79 Å². The molecule has 5 nitrogen and oxygen atoms in total. The van der Waals surface area contributed by atoms with Gasteiger partial charge in [-0.25, -0.2) is 0 Å². The number of anilines is 1. The Hall–Kier alpha value is -1.75. The van der Waals surface area contributed by atoms with Gasteiger partial charge in [0.25, 0.3) is 5.91 Å². The van der Waals surface area contributed by atoms with Crippen molar-refractivity contribution in [3.8, 4) is 11.5 Å². The molecule has 1 amide bonds. The standard InChI is InChI=1S/C19H26N2O3/c1-13(21-9-8-14-4-2-3-5-15(14)11-21)19(22)20-16-6-7-17-18(10-16)24-12-23-17/h6-7,10,13-15H,2-5,8-9,11-12H2,1H3,(H,20,22)/p+1/t13-,14+,15-/m1/s1. The minimum Gasteiger partial charge on any atom is -0.454 e. The molecular weight excluding hydrogens is 304 g/mol. The number of benzene rings is 1. The maximum atomic E-state index is 12.7. The zero-order valence-corrected chi connectivity index (χ0v) is 14.3. The molecule has 0 aromatic heterocycles. The van der Waals surface area contributed by atoms with Crippen LogP contribution >= 0.6 is 0 Å². The first kappa shape index (κ1) is 15.8. The van der Waals surface area contributed by atoms with Crippen molar-refractivity contribution in [3.63, 3.8) is 0 Å². The number of carbonyl (C=O) groups excluding carboxylic acids is 1. The first-order chi connectivity index (χ1) is 11.7. The lowest BCUT2D eigenvalue weighted by molar-refractivity contribution is -0.924. The number of hydrogen-bond acceptors (Lipinski definition) is 3. The molecule has 1 aromatic rings. The first-order valence-electron chi connectivity index (χ1n) is 9.26. The highest BCUT2D eigenvalue weighted by atomic mass is 16.7. The van der Waals surface area contributed by atoms with Gasteiger partial charge < -0.3 is 19.7 Å². The summed E-state index contributed by atoms with van der Waals surface area (Å²) in [5, 5.41) is 3.05. The summed E-state index contributed by atoms with van der Waals surface area (Å²) in [7, 11) is 0. The lowest BCUT2D eigenvalue weighted by Gasteiger charge is -2.40. The molecule has 1 saturated heterocycles. The molecule has 1 unspecified atom stereocenters. The van der Waals surface area contributed by atoms with Crippen LogP contribution in [0.2, 0.25) is 0 Å². The predicted molar refractivity (Wildman–Crippen MR) is 91.4 cm³/mol. The van der Waals surface area contributed by atoms with Crippen LogP contribution in [0.1, 0.15) is 39.0 Å². The molecule has 2 aliphatic heterocycles. The van der Waals surface area contributed by atoms with Crippen molar-refractivity contribution in [1.82, 2.24) is 0 Å². The molecule has 24 heavy (non-hydrogen) atoms. The maximum absolute atomic E-state index is 12.7. The van der Waals surface area contributed by atoms with E-state index in [1.54, 1.807) is 0 Å². The van der Waals surface area contributed by atoms with Gasteiger partial charge in [-0.1, -0.05) is 12.8 Å². The number of amides is 1. The maximum Gasteiger partial charge on any atom is 0.282 e. The first-order valence-corrected chi connectivity index (χ1v) is 9.26. The van der Waals surface area contributed by atoms with Crippen molar-refractivity contribution in [2.75, 3.05) is 25.2 Å². The van der Waals surface area contributed by atoms with Crippen molar-refractivity contribution in [3.05, 3.63) is 18.2 Å². The molecule has 3 aliphatic rings. The zero-order valence-electron chi connectivity index (χ0n) is 14.3. The molecule has 130 valence electrons. The summed E-state index contributed by atoms with van der Waals surface area (Å²) >= 11 is 0. The monoisotopic (exact) mass is 331 g/mol. The number of piperidine rings is 1. The third kappa shape index (κ3) is 3.09.